The van der Waals surface area contributed by atoms with Crippen LogP contribution in [-0.4, -0.2) is 36.5 Å². The van der Waals surface area contributed by atoms with E-state index in [1.54, 1.807) is 0 Å². The van der Waals surface area contributed by atoms with Crippen molar-refractivity contribution in [1.82, 2.24) is 10.2 Å². The molecule has 0 radical (unpaired) electrons. The predicted molar refractivity (Wildman–Crippen MR) is 51.4 cm³/mol. The Labute approximate surface area is 79.5 Å². The summed E-state index contributed by atoms with van der Waals surface area (Å²) in [6.45, 7) is 5.15. The van der Waals surface area contributed by atoms with Gasteiger partial charge < -0.3 is 10.2 Å². The van der Waals surface area contributed by atoms with Crippen LogP contribution in [0.5, 0.6) is 0 Å². The van der Waals surface area contributed by atoms with Crippen molar-refractivity contribution in [2.75, 3.05) is 19.6 Å². The summed E-state index contributed by atoms with van der Waals surface area (Å²) < 4.78 is 0. The third-order valence-electron chi connectivity index (χ3n) is 3.36. The summed E-state index contributed by atoms with van der Waals surface area (Å²) in [5.74, 6) is 1.08. The molecule has 0 bridgehead atoms. The lowest BCUT2D eigenvalue weighted by atomic mass is 9.84. The SMILES string of the molecule is CCN1C(=O)CCC2CNCCC21. The highest BCUT2D eigenvalue weighted by atomic mass is 16.2. The number of piperidine rings is 2. The molecule has 0 aromatic carbocycles. The van der Waals surface area contributed by atoms with Gasteiger partial charge in [-0.05, 0) is 38.8 Å². The third kappa shape index (κ3) is 1.57. The number of rotatable bonds is 1. The van der Waals surface area contributed by atoms with Gasteiger partial charge in [-0.15, -0.1) is 0 Å². The molecular weight excluding hydrogens is 164 g/mol. The van der Waals surface area contributed by atoms with Gasteiger partial charge in [-0.2, -0.15) is 0 Å². The fraction of sp³-hybridized carbons (Fsp3) is 0.900. The average molecular weight is 182 g/mol. The van der Waals surface area contributed by atoms with Crippen LogP contribution in [0.2, 0.25) is 0 Å². The van der Waals surface area contributed by atoms with Crippen molar-refractivity contribution in [3.05, 3.63) is 0 Å². The molecule has 13 heavy (non-hydrogen) atoms. The molecule has 2 rings (SSSR count). The van der Waals surface area contributed by atoms with Crippen LogP contribution < -0.4 is 5.32 Å². The normalized spacial score (nSPS) is 34.5. The van der Waals surface area contributed by atoms with Gasteiger partial charge in [0.25, 0.3) is 0 Å². The van der Waals surface area contributed by atoms with Gasteiger partial charge in [0.1, 0.15) is 0 Å². The zero-order valence-electron chi connectivity index (χ0n) is 8.25. The van der Waals surface area contributed by atoms with Crippen molar-refractivity contribution >= 4 is 5.91 Å². The van der Waals surface area contributed by atoms with Gasteiger partial charge in [-0.25, -0.2) is 0 Å². The predicted octanol–water partition coefficient (Wildman–Crippen LogP) is 0.607. The number of carbonyl (C=O) groups excluding carboxylic acids is 1. The molecule has 2 unspecified atom stereocenters. The number of likely N-dealkylation sites (tertiary alicyclic amines) is 1. The fourth-order valence-electron chi connectivity index (χ4n) is 2.66. The lowest BCUT2D eigenvalue weighted by Gasteiger charge is -2.43. The summed E-state index contributed by atoms with van der Waals surface area (Å²) in [5.41, 5.74) is 0. The van der Waals surface area contributed by atoms with E-state index in [1.807, 2.05) is 0 Å². The van der Waals surface area contributed by atoms with E-state index in [0.717, 1.165) is 38.9 Å². The molecule has 2 heterocycles. The minimum Gasteiger partial charge on any atom is -0.340 e. The van der Waals surface area contributed by atoms with Gasteiger partial charge in [0.15, 0.2) is 0 Å². The minimum atomic E-state index is 0.366. The van der Waals surface area contributed by atoms with Crippen molar-refractivity contribution in [3.8, 4) is 0 Å². The van der Waals surface area contributed by atoms with E-state index in [4.69, 9.17) is 0 Å². The van der Waals surface area contributed by atoms with Crippen LogP contribution in [0, 0.1) is 5.92 Å². The third-order valence-corrected chi connectivity index (χ3v) is 3.36. The lowest BCUT2D eigenvalue weighted by molar-refractivity contribution is -0.139. The van der Waals surface area contributed by atoms with Crippen LogP contribution in [0.25, 0.3) is 0 Å². The van der Waals surface area contributed by atoms with Crippen LogP contribution in [0.15, 0.2) is 0 Å². The maximum atomic E-state index is 11.6. The molecule has 2 aliphatic heterocycles. The maximum Gasteiger partial charge on any atom is 0.222 e. The van der Waals surface area contributed by atoms with E-state index in [9.17, 15) is 4.79 Å². The number of carbonyl (C=O) groups is 1. The number of fused-ring (bicyclic) bond motifs is 1. The fourth-order valence-corrected chi connectivity index (χ4v) is 2.66. The molecule has 74 valence electrons. The van der Waals surface area contributed by atoms with Gasteiger partial charge in [0, 0.05) is 19.0 Å². The summed E-state index contributed by atoms with van der Waals surface area (Å²) in [6, 6.07) is 0.535. The lowest BCUT2D eigenvalue weighted by Crippen LogP contribution is -2.54. The van der Waals surface area contributed by atoms with Gasteiger partial charge in [-0.1, -0.05) is 0 Å². The molecule has 0 saturated carbocycles. The molecule has 0 aromatic heterocycles. The second-order valence-corrected chi connectivity index (χ2v) is 4.04. The van der Waals surface area contributed by atoms with Crippen LogP contribution >= 0.6 is 0 Å². The summed E-state index contributed by atoms with van der Waals surface area (Å²) >= 11 is 0. The average Bonchev–Trinajstić information content (AvgIpc) is 2.18. The maximum absolute atomic E-state index is 11.6. The highest BCUT2D eigenvalue weighted by Gasteiger charge is 2.35. The monoisotopic (exact) mass is 182 g/mol. The number of hydrogen-bond donors (Lipinski definition) is 1. The van der Waals surface area contributed by atoms with Crippen LogP contribution in [0.1, 0.15) is 26.2 Å². The second-order valence-electron chi connectivity index (χ2n) is 4.04. The van der Waals surface area contributed by atoms with Gasteiger partial charge in [0.05, 0.1) is 0 Å². The van der Waals surface area contributed by atoms with Gasteiger partial charge >= 0.3 is 0 Å². The van der Waals surface area contributed by atoms with E-state index in [-0.39, 0.29) is 0 Å². The van der Waals surface area contributed by atoms with Crippen LogP contribution in [0.4, 0.5) is 0 Å². The summed E-state index contributed by atoms with van der Waals surface area (Å²) in [7, 11) is 0. The first kappa shape index (κ1) is 9.00. The van der Waals surface area contributed by atoms with Crippen molar-refractivity contribution in [2.24, 2.45) is 5.92 Å². The van der Waals surface area contributed by atoms with E-state index in [2.05, 4.69) is 17.1 Å². The van der Waals surface area contributed by atoms with Crippen LogP contribution in [-0.2, 0) is 4.79 Å². The molecule has 0 aromatic rings. The highest BCUT2D eigenvalue weighted by molar-refractivity contribution is 5.77. The first-order valence-electron chi connectivity index (χ1n) is 5.33. The summed E-state index contributed by atoms with van der Waals surface area (Å²) in [6.07, 6.45) is 2.99. The zero-order valence-corrected chi connectivity index (χ0v) is 8.25. The number of hydrogen-bond acceptors (Lipinski definition) is 2. The molecule has 1 N–H and O–H groups in total. The number of amides is 1. The van der Waals surface area contributed by atoms with E-state index < -0.39 is 0 Å². The first-order valence-corrected chi connectivity index (χ1v) is 5.33. The van der Waals surface area contributed by atoms with E-state index in [1.165, 1.54) is 0 Å². The van der Waals surface area contributed by atoms with E-state index >= 15 is 0 Å². The Morgan fingerprint density at radius 1 is 1.54 bits per heavy atom. The van der Waals surface area contributed by atoms with E-state index in [0.29, 0.717) is 17.9 Å². The first-order chi connectivity index (χ1) is 6.33. The molecule has 0 spiro atoms. The molecule has 2 saturated heterocycles. The molecule has 2 fully saturated rings. The second kappa shape index (κ2) is 3.66. The Morgan fingerprint density at radius 3 is 3.15 bits per heavy atom. The molecule has 2 aliphatic rings. The zero-order chi connectivity index (χ0) is 9.26. The molecule has 2 atom stereocenters. The Bertz CT molecular complexity index is 205. The largest absolute Gasteiger partial charge is 0.340 e. The topological polar surface area (TPSA) is 32.3 Å². The molecule has 3 nitrogen and oxygen atoms in total. The van der Waals surface area contributed by atoms with Crippen molar-refractivity contribution in [2.45, 2.75) is 32.2 Å². The Kier molecular flexibility index (Phi) is 2.54. The van der Waals surface area contributed by atoms with Crippen molar-refractivity contribution in [1.29, 1.82) is 0 Å². The summed E-state index contributed by atoms with van der Waals surface area (Å²) in [4.78, 5) is 13.7. The Hall–Kier alpha value is -0.570. The Balaban J connectivity index is 2.09. The summed E-state index contributed by atoms with van der Waals surface area (Å²) in [5, 5.41) is 3.41. The van der Waals surface area contributed by atoms with Gasteiger partial charge in [-0.3, -0.25) is 4.79 Å². The minimum absolute atomic E-state index is 0.366. The quantitative estimate of drug-likeness (QED) is 0.644. The number of nitrogens with one attached hydrogen (secondary N) is 1. The standard InChI is InChI=1S/C10H18N2O/c1-2-12-9-5-6-11-7-8(9)3-4-10(12)13/h8-9,11H,2-7H2,1H3. The van der Waals surface area contributed by atoms with Crippen LogP contribution in [0.3, 0.4) is 0 Å². The molecule has 3 heteroatoms. The van der Waals surface area contributed by atoms with Crippen molar-refractivity contribution in [3.63, 3.8) is 0 Å². The Morgan fingerprint density at radius 2 is 2.38 bits per heavy atom. The highest BCUT2D eigenvalue weighted by Crippen LogP contribution is 2.27. The smallest absolute Gasteiger partial charge is 0.222 e. The number of nitrogens with zero attached hydrogens (tertiary/aromatic N) is 1. The molecule has 0 aliphatic carbocycles. The molecule has 1 amide bonds. The molecular formula is C10H18N2O. The van der Waals surface area contributed by atoms with Crippen molar-refractivity contribution < 1.29 is 4.79 Å². The van der Waals surface area contributed by atoms with Gasteiger partial charge in [0.2, 0.25) is 5.91 Å².